The van der Waals surface area contributed by atoms with Gasteiger partial charge >= 0.3 is 17.9 Å². The number of nitrogens with one attached hydrogen (secondary N) is 1. The molecule has 0 bridgehead atoms. The summed E-state index contributed by atoms with van der Waals surface area (Å²) in [5.74, 6) is -0.0674. The van der Waals surface area contributed by atoms with Crippen molar-refractivity contribution in [2.24, 2.45) is 0 Å². The number of ether oxygens (including phenoxy) is 4. The predicted molar refractivity (Wildman–Crippen MR) is 250 cm³/mol. The lowest BCUT2D eigenvalue weighted by atomic mass is 9.75. The van der Waals surface area contributed by atoms with Gasteiger partial charge in [0.2, 0.25) is 0 Å². The van der Waals surface area contributed by atoms with Crippen molar-refractivity contribution in [3.63, 3.8) is 0 Å². The molecule has 1 fully saturated rings. The molecule has 2 aliphatic rings. The second-order valence-corrected chi connectivity index (χ2v) is 17.6. The van der Waals surface area contributed by atoms with E-state index in [1.165, 1.54) is 9.13 Å². The summed E-state index contributed by atoms with van der Waals surface area (Å²) in [7, 11) is 0. The molecule has 0 radical (unpaired) electrons. The number of carbonyl (C=O) groups is 2. The van der Waals surface area contributed by atoms with Gasteiger partial charge in [-0.1, -0.05) is 140 Å². The minimum absolute atomic E-state index is 0.0653. The first-order valence-electron chi connectivity index (χ1n) is 22.3. The predicted octanol–water partition coefficient (Wildman–Crippen LogP) is 8.22. The number of carbonyl (C=O) groups excluding carboxylic acids is 2. The van der Waals surface area contributed by atoms with Crippen molar-refractivity contribution in [2.45, 2.75) is 56.8 Å². The average molecular weight is 888 g/mol. The maximum Gasteiger partial charge on any atom is 0.420 e. The first kappa shape index (κ1) is 44.3. The molecule has 0 saturated carbocycles. The summed E-state index contributed by atoms with van der Waals surface area (Å²) in [6.45, 7) is 5.92. The number of benzene rings is 5. The van der Waals surface area contributed by atoms with Gasteiger partial charge in [-0.3, -0.25) is 9.47 Å². The Kier molecular flexibility index (Phi) is 12.7. The molecule has 0 unspecified atom stereocenters. The van der Waals surface area contributed by atoms with E-state index in [0.29, 0.717) is 17.6 Å². The van der Waals surface area contributed by atoms with E-state index in [1.54, 1.807) is 33.0 Å². The van der Waals surface area contributed by atoms with Crippen LogP contribution in [0.2, 0.25) is 0 Å². The molecule has 13 nitrogen and oxygen atoms in total. The number of amides is 1. The van der Waals surface area contributed by atoms with E-state index in [1.807, 2.05) is 78.9 Å². The largest absolute Gasteiger partial charge is 0.449 e. The highest BCUT2D eigenvalue weighted by atomic mass is 16.6. The molecule has 3 heterocycles. The Labute approximate surface area is 383 Å². The number of morpholine rings is 1. The Morgan fingerprint density at radius 1 is 0.788 bits per heavy atom. The van der Waals surface area contributed by atoms with E-state index in [0.717, 1.165) is 38.9 Å². The molecule has 1 aliphatic heterocycles. The first-order valence-corrected chi connectivity index (χ1v) is 22.3. The van der Waals surface area contributed by atoms with Crippen LogP contribution < -0.4 is 11.0 Å². The summed E-state index contributed by atoms with van der Waals surface area (Å²) in [6, 6.07) is 48.6. The zero-order valence-corrected chi connectivity index (χ0v) is 37.2. The van der Waals surface area contributed by atoms with Crippen molar-refractivity contribution < 1.29 is 33.6 Å². The van der Waals surface area contributed by atoms with Crippen LogP contribution in [0.5, 0.6) is 0 Å². The third kappa shape index (κ3) is 8.78. The fraction of sp³-hybridized carbons (Fsp3) is 0.283. The summed E-state index contributed by atoms with van der Waals surface area (Å²) in [6.07, 6.45) is -1.22. The van der Waals surface area contributed by atoms with Crippen molar-refractivity contribution in [1.82, 2.24) is 24.3 Å². The van der Waals surface area contributed by atoms with E-state index < -0.39 is 41.3 Å². The van der Waals surface area contributed by atoms with Gasteiger partial charge in [0.15, 0.2) is 11.9 Å². The highest BCUT2D eigenvalue weighted by molar-refractivity contribution is 5.88. The standard InChI is InChI=1S/C53H53N5O8/c1-52(2,3)66-51(62)58-40(34-63-28-27-54-50(61)64-35-46-44-25-15-13-23-42(44)43-24-14-16-26-45(43)46)29-36-30-57(49(60)55-48(36)58)47-32-56(31-41(33-59)65-47)53(37-17-7-4-8-18-37,38-19-9-5-10-20-38)39-21-11-6-12-22-39/h4-26,29-30,41,46-47,59H,27-28,31-35H2,1-3H3,(H,54,61)/t41-,47-/m0/s1. The van der Waals surface area contributed by atoms with E-state index in [4.69, 9.17) is 18.9 Å². The maximum atomic E-state index is 14.2. The zero-order valence-electron chi connectivity index (χ0n) is 37.2. The lowest BCUT2D eigenvalue weighted by Gasteiger charge is -2.50. The van der Waals surface area contributed by atoms with Crippen molar-refractivity contribution in [3.05, 3.63) is 196 Å². The number of hydrogen-bond acceptors (Lipinski definition) is 10. The number of aromatic nitrogens is 3. The van der Waals surface area contributed by atoms with Crippen LogP contribution in [-0.2, 0) is 31.1 Å². The second-order valence-electron chi connectivity index (χ2n) is 17.6. The van der Waals surface area contributed by atoms with E-state index in [9.17, 15) is 19.5 Å². The molecular formula is C53H53N5O8. The van der Waals surface area contributed by atoms with Crippen molar-refractivity contribution in [2.75, 3.05) is 39.5 Å². The zero-order chi connectivity index (χ0) is 45.8. The van der Waals surface area contributed by atoms with E-state index in [-0.39, 0.29) is 51.1 Å². The fourth-order valence-electron chi connectivity index (χ4n) is 9.44. The molecule has 2 aromatic heterocycles. The third-order valence-corrected chi connectivity index (χ3v) is 12.2. The number of nitrogens with zero attached hydrogens (tertiary/aromatic N) is 4. The van der Waals surface area contributed by atoms with Crippen molar-refractivity contribution >= 4 is 23.2 Å². The number of hydrogen-bond donors (Lipinski definition) is 2. The number of aliphatic hydroxyl groups excluding tert-OH is 1. The highest BCUT2D eigenvalue weighted by Gasteiger charge is 2.46. The summed E-state index contributed by atoms with van der Waals surface area (Å²) in [5, 5.41) is 14.0. The van der Waals surface area contributed by atoms with Crippen LogP contribution in [0.25, 0.3) is 22.2 Å². The van der Waals surface area contributed by atoms with Crippen molar-refractivity contribution in [3.8, 4) is 11.1 Å². The van der Waals surface area contributed by atoms with Crippen LogP contribution in [0.15, 0.2) is 157 Å². The van der Waals surface area contributed by atoms with Gasteiger partial charge in [0.25, 0.3) is 0 Å². The number of alkyl carbamates (subject to hydrolysis) is 1. The molecule has 338 valence electrons. The first-order chi connectivity index (χ1) is 32.0. The van der Waals surface area contributed by atoms with Gasteiger partial charge in [0.1, 0.15) is 12.2 Å². The minimum Gasteiger partial charge on any atom is -0.449 e. The highest BCUT2D eigenvalue weighted by Crippen LogP contribution is 2.46. The summed E-state index contributed by atoms with van der Waals surface area (Å²) in [5.41, 5.74) is 5.70. The van der Waals surface area contributed by atoms with E-state index >= 15 is 0 Å². The van der Waals surface area contributed by atoms with Crippen LogP contribution in [0.4, 0.5) is 9.59 Å². The van der Waals surface area contributed by atoms with Gasteiger partial charge in [0.05, 0.1) is 37.2 Å². The number of rotatable bonds is 13. The normalized spacial score (nSPS) is 16.4. The Morgan fingerprint density at radius 2 is 1.35 bits per heavy atom. The molecular weight excluding hydrogens is 835 g/mol. The molecule has 7 aromatic rings. The van der Waals surface area contributed by atoms with Gasteiger partial charge in [0, 0.05) is 37.1 Å². The monoisotopic (exact) mass is 887 g/mol. The third-order valence-electron chi connectivity index (χ3n) is 12.2. The number of aliphatic hydroxyl groups is 1. The molecule has 66 heavy (non-hydrogen) atoms. The summed E-state index contributed by atoms with van der Waals surface area (Å²) >= 11 is 0. The van der Waals surface area contributed by atoms with Gasteiger partial charge in [-0.05, 0) is 65.8 Å². The molecule has 2 atom stereocenters. The maximum absolute atomic E-state index is 14.2. The Balaban J connectivity index is 0.956. The van der Waals surface area contributed by atoms with Gasteiger partial charge in [-0.25, -0.2) is 19.0 Å². The van der Waals surface area contributed by atoms with Gasteiger partial charge < -0.3 is 29.4 Å². The molecule has 1 aliphatic carbocycles. The smallest absolute Gasteiger partial charge is 0.420 e. The van der Waals surface area contributed by atoms with E-state index in [2.05, 4.69) is 75.9 Å². The Morgan fingerprint density at radius 3 is 1.91 bits per heavy atom. The van der Waals surface area contributed by atoms with Crippen LogP contribution in [-0.4, -0.2) is 87.5 Å². The second kappa shape index (κ2) is 18.9. The summed E-state index contributed by atoms with van der Waals surface area (Å²) in [4.78, 5) is 47.6. The lowest BCUT2D eigenvalue weighted by molar-refractivity contribution is -0.150. The molecule has 13 heteroatoms. The molecule has 5 aromatic carbocycles. The quantitative estimate of drug-likeness (QED) is 0.0858. The minimum atomic E-state index is -0.885. The Bertz CT molecular complexity index is 2730. The van der Waals surface area contributed by atoms with Gasteiger partial charge in [-0.15, -0.1) is 0 Å². The topological polar surface area (TPSA) is 146 Å². The molecule has 0 spiro atoms. The Hall–Kier alpha value is -6.90. The van der Waals surface area contributed by atoms with Crippen LogP contribution in [0, 0.1) is 0 Å². The lowest BCUT2D eigenvalue weighted by Crippen LogP contribution is -2.58. The van der Waals surface area contributed by atoms with Crippen LogP contribution >= 0.6 is 0 Å². The molecule has 9 rings (SSSR count). The van der Waals surface area contributed by atoms with Crippen molar-refractivity contribution in [1.29, 1.82) is 0 Å². The molecule has 2 N–H and O–H groups in total. The average Bonchev–Trinajstić information content (AvgIpc) is 3.85. The van der Waals surface area contributed by atoms with Crippen LogP contribution in [0.1, 0.15) is 66.4 Å². The van der Waals surface area contributed by atoms with Gasteiger partial charge in [-0.2, -0.15) is 4.98 Å². The fourth-order valence-corrected chi connectivity index (χ4v) is 9.44. The molecule has 1 amide bonds. The van der Waals surface area contributed by atoms with Crippen LogP contribution in [0.3, 0.4) is 0 Å². The SMILES string of the molecule is CC(C)(C)OC(=O)n1c(COCCNC(=O)OCC2c3ccccc3-c3ccccc32)cc2cn([C@@H]3CN(C(c4ccccc4)(c4ccccc4)c4ccccc4)C[C@@H](CO)O3)c(=O)nc21. The molecule has 1 saturated heterocycles. The summed E-state index contributed by atoms with van der Waals surface area (Å²) < 4.78 is 26.6. The number of fused-ring (bicyclic) bond motifs is 4.